The highest BCUT2D eigenvalue weighted by Crippen LogP contribution is 2.27. The van der Waals surface area contributed by atoms with Crippen LogP contribution in [0.15, 0.2) is 42.5 Å². The molecule has 1 atom stereocenters. The highest BCUT2D eigenvalue weighted by molar-refractivity contribution is 5.78. The summed E-state index contributed by atoms with van der Waals surface area (Å²) in [6.07, 6.45) is 4.18. The van der Waals surface area contributed by atoms with E-state index < -0.39 is 0 Å². The van der Waals surface area contributed by atoms with Crippen LogP contribution in [0.1, 0.15) is 42.9 Å². The first-order valence-electron chi connectivity index (χ1n) is 10.4. The maximum atomic E-state index is 12.5. The number of carbonyl (C=O) groups is 1. The molecule has 0 radical (unpaired) electrons. The lowest BCUT2D eigenvalue weighted by Gasteiger charge is -2.33. The summed E-state index contributed by atoms with van der Waals surface area (Å²) in [7, 11) is 3.20. The molecule has 1 amide bonds. The van der Waals surface area contributed by atoms with Gasteiger partial charge in [0.2, 0.25) is 5.91 Å². The van der Waals surface area contributed by atoms with E-state index in [1.54, 1.807) is 14.2 Å². The van der Waals surface area contributed by atoms with Crippen LogP contribution in [-0.2, 0) is 24.3 Å². The lowest BCUT2D eigenvalue weighted by Crippen LogP contribution is -2.37. The van der Waals surface area contributed by atoms with Gasteiger partial charge in [0.25, 0.3) is 0 Å². The fourth-order valence-corrected chi connectivity index (χ4v) is 3.93. The van der Waals surface area contributed by atoms with Crippen LogP contribution in [0.2, 0.25) is 0 Å². The average Bonchev–Trinajstić information content (AvgIpc) is 2.74. The van der Waals surface area contributed by atoms with Gasteiger partial charge in [0, 0.05) is 19.1 Å². The van der Waals surface area contributed by atoms with E-state index in [0.717, 1.165) is 18.7 Å². The molecule has 1 fully saturated rings. The minimum Gasteiger partial charge on any atom is -0.493 e. The summed E-state index contributed by atoms with van der Waals surface area (Å²) >= 11 is 0. The molecule has 3 rings (SSSR count). The van der Waals surface area contributed by atoms with E-state index in [9.17, 15) is 4.79 Å². The smallest absolute Gasteiger partial charge is 0.224 e. The molecule has 1 aliphatic rings. The highest BCUT2D eigenvalue weighted by atomic mass is 16.5. The quantitative estimate of drug-likeness (QED) is 0.734. The molecule has 5 heteroatoms. The molecule has 2 aromatic rings. The SMILES string of the molecule is COc1ccc(CC(=O)NCc2ccccc2CN2CCCC[C@H]2C)cc1OC. The zero-order valence-corrected chi connectivity index (χ0v) is 17.7. The van der Waals surface area contributed by atoms with Gasteiger partial charge in [0.15, 0.2) is 11.5 Å². The summed E-state index contributed by atoms with van der Waals surface area (Å²) < 4.78 is 10.6. The summed E-state index contributed by atoms with van der Waals surface area (Å²) in [6.45, 7) is 4.96. The summed E-state index contributed by atoms with van der Waals surface area (Å²) in [6, 6.07) is 14.6. The molecule has 1 heterocycles. The van der Waals surface area contributed by atoms with Crippen molar-refractivity contribution in [3.63, 3.8) is 0 Å². The lowest BCUT2D eigenvalue weighted by atomic mass is 10.0. The van der Waals surface area contributed by atoms with E-state index in [0.29, 0.717) is 30.5 Å². The number of nitrogens with one attached hydrogen (secondary N) is 1. The Morgan fingerprint density at radius 3 is 2.55 bits per heavy atom. The predicted octanol–water partition coefficient (Wildman–Crippen LogP) is 3.94. The summed E-state index contributed by atoms with van der Waals surface area (Å²) in [5.41, 5.74) is 3.38. The van der Waals surface area contributed by atoms with E-state index in [-0.39, 0.29) is 5.91 Å². The number of ether oxygens (including phenoxy) is 2. The molecule has 1 N–H and O–H groups in total. The van der Waals surface area contributed by atoms with Gasteiger partial charge in [-0.05, 0) is 55.1 Å². The average molecular weight is 397 g/mol. The largest absolute Gasteiger partial charge is 0.493 e. The fraction of sp³-hybridized carbons (Fsp3) is 0.458. The van der Waals surface area contributed by atoms with Crippen LogP contribution in [0.5, 0.6) is 11.5 Å². The molecule has 0 spiro atoms. The molecule has 1 saturated heterocycles. The van der Waals surface area contributed by atoms with Gasteiger partial charge in [-0.15, -0.1) is 0 Å². The maximum absolute atomic E-state index is 12.5. The van der Waals surface area contributed by atoms with Crippen LogP contribution in [0, 0.1) is 0 Å². The number of methoxy groups -OCH3 is 2. The first-order valence-corrected chi connectivity index (χ1v) is 10.4. The number of benzene rings is 2. The van der Waals surface area contributed by atoms with Crippen molar-refractivity contribution in [2.75, 3.05) is 20.8 Å². The molecule has 156 valence electrons. The van der Waals surface area contributed by atoms with Gasteiger partial charge in [0.1, 0.15) is 0 Å². The van der Waals surface area contributed by atoms with E-state index in [1.165, 1.54) is 30.4 Å². The fourth-order valence-electron chi connectivity index (χ4n) is 3.93. The van der Waals surface area contributed by atoms with E-state index >= 15 is 0 Å². The third-order valence-electron chi connectivity index (χ3n) is 5.72. The van der Waals surface area contributed by atoms with Gasteiger partial charge in [0.05, 0.1) is 20.6 Å². The number of carbonyl (C=O) groups excluding carboxylic acids is 1. The zero-order chi connectivity index (χ0) is 20.6. The minimum atomic E-state index is -0.00152. The number of hydrogen-bond donors (Lipinski definition) is 1. The monoisotopic (exact) mass is 396 g/mol. The summed E-state index contributed by atoms with van der Waals surface area (Å²) in [5, 5.41) is 3.07. The van der Waals surface area contributed by atoms with Crippen LogP contribution in [0.25, 0.3) is 0 Å². The first kappa shape index (κ1) is 21.2. The normalized spacial score (nSPS) is 17.0. The van der Waals surface area contributed by atoms with Gasteiger partial charge >= 0.3 is 0 Å². The Labute approximate surface area is 174 Å². The van der Waals surface area contributed by atoms with E-state index in [4.69, 9.17) is 9.47 Å². The van der Waals surface area contributed by atoms with Gasteiger partial charge in [-0.2, -0.15) is 0 Å². The van der Waals surface area contributed by atoms with Crippen molar-refractivity contribution < 1.29 is 14.3 Å². The molecular formula is C24H32N2O3. The van der Waals surface area contributed by atoms with Crippen molar-refractivity contribution in [2.24, 2.45) is 0 Å². The molecular weight excluding hydrogens is 364 g/mol. The Balaban J connectivity index is 1.59. The zero-order valence-electron chi connectivity index (χ0n) is 17.7. The van der Waals surface area contributed by atoms with Crippen LogP contribution >= 0.6 is 0 Å². The number of nitrogens with zero attached hydrogens (tertiary/aromatic N) is 1. The minimum absolute atomic E-state index is 0.00152. The van der Waals surface area contributed by atoms with Crippen molar-refractivity contribution in [1.82, 2.24) is 10.2 Å². The van der Waals surface area contributed by atoms with Crippen molar-refractivity contribution in [3.05, 3.63) is 59.2 Å². The standard InChI is InChI=1S/C24H32N2O3/c1-18-8-6-7-13-26(18)17-21-10-5-4-9-20(21)16-25-24(27)15-19-11-12-22(28-2)23(14-19)29-3/h4-5,9-12,14,18H,6-8,13,15-17H2,1-3H3,(H,25,27)/t18-/m1/s1. The van der Waals surface area contributed by atoms with Crippen molar-refractivity contribution in [1.29, 1.82) is 0 Å². The molecule has 0 aliphatic carbocycles. The number of hydrogen-bond acceptors (Lipinski definition) is 4. The van der Waals surface area contributed by atoms with Gasteiger partial charge in [-0.1, -0.05) is 36.8 Å². The Bertz CT molecular complexity index is 822. The molecule has 0 bridgehead atoms. The molecule has 1 aliphatic heterocycles. The van der Waals surface area contributed by atoms with E-state index in [1.807, 2.05) is 24.3 Å². The molecule has 29 heavy (non-hydrogen) atoms. The maximum Gasteiger partial charge on any atom is 0.224 e. The topological polar surface area (TPSA) is 50.8 Å². The van der Waals surface area contributed by atoms with Crippen molar-refractivity contribution in [3.8, 4) is 11.5 Å². The van der Waals surface area contributed by atoms with Crippen molar-refractivity contribution in [2.45, 2.75) is 51.7 Å². The van der Waals surface area contributed by atoms with E-state index in [2.05, 4.69) is 35.3 Å². The number of amides is 1. The number of likely N-dealkylation sites (tertiary alicyclic amines) is 1. The molecule has 5 nitrogen and oxygen atoms in total. The van der Waals surface area contributed by atoms with Crippen LogP contribution < -0.4 is 14.8 Å². The second-order valence-corrected chi connectivity index (χ2v) is 7.73. The van der Waals surface area contributed by atoms with Gasteiger partial charge < -0.3 is 14.8 Å². The second-order valence-electron chi connectivity index (χ2n) is 7.73. The number of piperidine rings is 1. The molecule has 0 aromatic heterocycles. The van der Waals surface area contributed by atoms with Gasteiger partial charge in [-0.25, -0.2) is 0 Å². The summed E-state index contributed by atoms with van der Waals surface area (Å²) in [5.74, 6) is 1.30. The first-order chi connectivity index (χ1) is 14.1. The Morgan fingerprint density at radius 1 is 1.07 bits per heavy atom. The highest BCUT2D eigenvalue weighted by Gasteiger charge is 2.19. The molecule has 0 unspecified atom stereocenters. The Morgan fingerprint density at radius 2 is 1.83 bits per heavy atom. The van der Waals surface area contributed by atoms with Crippen LogP contribution in [0.4, 0.5) is 0 Å². The van der Waals surface area contributed by atoms with Crippen molar-refractivity contribution >= 4 is 5.91 Å². The lowest BCUT2D eigenvalue weighted by molar-refractivity contribution is -0.120. The third-order valence-corrected chi connectivity index (χ3v) is 5.72. The molecule has 2 aromatic carbocycles. The summed E-state index contributed by atoms with van der Waals surface area (Å²) in [4.78, 5) is 15.0. The van der Waals surface area contributed by atoms with Gasteiger partial charge in [-0.3, -0.25) is 9.69 Å². The molecule has 0 saturated carbocycles. The predicted molar refractivity (Wildman–Crippen MR) is 115 cm³/mol. The van der Waals surface area contributed by atoms with Crippen LogP contribution in [0.3, 0.4) is 0 Å². The number of rotatable bonds is 8. The Hall–Kier alpha value is -2.53. The van der Waals surface area contributed by atoms with Crippen LogP contribution in [-0.4, -0.2) is 37.6 Å². The second kappa shape index (κ2) is 10.3. The third kappa shape index (κ3) is 5.73. The Kier molecular flexibility index (Phi) is 7.53.